The van der Waals surface area contributed by atoms with Crippen molar-refractivity contribution in [3.05, 3.63) is 42.2 Å². The van der Waals surface area contributed by atoms with Crippen molar-refractivity contribution in [2.45, 2.75) is 91.1 Å². The molecule has 0 atom stereocenters. The Morgan fingerprint density at radius 3 is 2.08 bits per heavy atom. The van der Waals surface area contributed by atoms with Crippen LogP contribution in [0.5, 0.6) is 0 Å². The Balaban J connectivity index is 2.10. The normalized spacial score (nSPS) is 13.5. The second-order valence-electron chi connectivity index (χ2n) is 9.31. The van der Waals surface area contributed by atoms with Gasteiger partial charge in [0.2, 0.25) is 0 Å². The molecule has 134 valence electrons. The Labute approximate surface area is 148 Å². The molecule has 0 aromatic carbocycles. The number of nitrogens with zero attached hydrogens (tertiary/aromatic N) is 3. The summed E-state index contributed by atoms with van der Waals surface area (Å²) in [7, 11) is 0. The van der Waals surface area contributed by atoms with Crippen molar-refractivity contribution in [2.24, 2.45) is 0 Å². The average molecular weight is 330 g/mol. The summed E-state index contributed by atoms with van der Waals surface area (Å²) in [6.07, 6.45) is 12.0. The van der Waals surface area contributed by atoms with Gasteiger partial charge in [0.05, 0.1) is 12.0 Å². The van der Waals surface area contributed by atoms with Crippen molar-refractivity contribution in [1.82, 2.24) is 14.1 Å². The van der Waals surface area contributed by atoms with Crippen LogP contribution >= 0.6 is 0 Å². The molecule has 0 saturated heterocycles. The van der Waals surface area contributed by atoms with Crippen molar-refractivity contribution in [2.75, 3.05) is 0 Å². The largest absolute Gasteiger partial charge is 0.349 e. The molecule has 0 fully saturated rings. The minimum absolute atomic E-state index is 0.0779. The van der Waals surface area contributed by atoms with E-state index in [9.17, 15) is 0 Å². The maximum Gasteiger partial charge on any atom is 0.0954 e. The van der Waals surface area contributed by atoms with Crippen LogP contribution in [0.4, 0.5) is 0 Å². The SMILES string of the molecule is CCc1ccn(C(C)(C)CCC(C)(C)c2cn(C(C)(C)C)cn2)c1. The third-order valence-corrected chi connectivity index (χ3v) is 5.27. The summed E-state index contributed by atoms with van der Waals surface area (Å²) in [6, 6.07) is 2.23. The lowest BCUT2D eigenvalue weighted by Crippen LogP contribution is -2.29. The molecule has 0 N–H and O–H groups in total. The van der Waals surface area contributed by atoms with E-state index < -0.39 is 0 Å². The minimum atomic E-state index is 0.0779. The fourth-order valence-electron chi connectivity index (χ4n) is 2.94. The summed E-state index contributed by atoms with van der Waals surface area (Å²) in [4.78, 5) is 4.70. The standard InChI is InChI=1S/C21H35N3/c1-9-17-10-13-23(14-17)21(7,8)12-11-20(5,6)18-15-24(16-22-18)19(2,3)4/h10,13-16H,9,11-12H2,1-8H3. The van der Waals surface area contributed by atoms with Crippen LogP contribution in [0.3, 0.4) is 0 Å². The lowest BCUT2D eigenvalue weighted by molar-refractivity contribution is 0.282. The highest BCUT2D eigenvalue weighted by Crippen LogP contribution is 2.33. The Bertz CT molecular complexity index is 665. The smallest absolute Gasteiger partial charge is 0.0954 e. The molecule has 0 amide bonds. The topological polar surface area (TPSA) is 22.8 Å². The highest BCUT2D eigenvalue weighted by Gasteiger charge is 2.29. The van der Waals surface area contributed by atoms with Crippen LogP contribution in [0.2, 0.25) is 0 Å². The molecule has 3 heteroatoms. The second-order valence-corrected chi connectivity index (χ2v) is 9.31. The maximum atomic E-state index is 4.70. The number of hydrogen-bond acceptors (Lipinski definition) is 1. The van der Waals surface area contributed by atoms with Crippen molar-refractivity contribution in [3.63, 3.8) is 0 Å². The maximum absolute atomic E-state index is 4.70. The van der Waals surface area contributed by atoms with E-state index >= 15 is 0 Å². The van der Waals surface area contributed by atoms with E-state index in [0.717, 1.165) is 19.3 Å². The van der Waals surface area contributed by atoms with Crippen LogP contribution in [0.1, 0.15) is 79.5 Å². The van der Waals surface area contributed by atoms with E-state index in [1.54, 1.807) is 0 Å². The molecular formula is C21H35N3. The zero-order valence-electron chi connectivity index (χ0n) is 16.8. The monoisotopic (exact) mass is 329 g/mol. The van der Waals surface area contributed by atoms with Gasteiger partial charge in [0.25, 0.3) is 0 Å². The van der Waals surface area contributed by atoms with E-state index in [1.165, 1.54) is 11.3 Å². The van der Waals surface area contributed by atoms with E-state index in [2.05, 4.69) is 89.2 Å². The Hall–Kier alpha value is -1.51. The Kier molecular flexibility index (Phi) is 5.03. The van der Waals surface area contributed by atoms with E-state index in [-0.39, 0.29) is 16.5 Å². The average Bonchev–Trinajstić information content (AvgIpc) is 3.14. The molecule has 2 aromatic heterocycles. The van der Waals surface area contributed by atoms with Gasteiger partial charge in [0.1, 0.15) is 0 Å². The van der Waals surface area contributed by atoms with Gasteiger partial charge in [-0.05, 0) is 65.5 Å². The number of aromatic nitrogens is 3. The van der Waals surface area contributed by atoms with Gasteiger partial charge in [0, 0.05) is 35.1 Å². The molecule has 0 saturated carbocycles. The molecule has 24 heavy (non-hydrogen) atoms. The number of aryl methyl sites for hydroxylation is 1. The van der Waals surface area contributed by atoms with Gasteiger partial charge in [0.15, 0.2) is 0 Å². The van der Waals surface area contributed by atoms with Crippen LogP contribution < -0.4 is 0 Å². The zero-order chi connectivity index (χ0) is 18.2. The summed E-state index contributed by atoms with van der Waals surface area (Å²) >= 11 is 0. The molecule has 0 spiro atoms. The third-order valence-electron chi connectivity index (χ3n) is 5.27. The molecule has 2 rings (SSSR count). The van der Waals surface area contributed by atoms with E-state index in [4.69, 9.17) is 4.98 Å². The first-order valence-electron chi connectivity index (χ1n) is 9.18. The molecule has 0 aliphatic heterocycles. The van der Waals surface area contributed by atoms with Gasteiger partial charge in [-0.1, -0.05) is 20.8 Å². The molecule has 0 aliphatic rings. The number of rotatable bonds is 6. The van der Waals surface area contributed by atoms with Gasteiger partial charge in [-0.15, -0.1) is 0 Å². The van der Waals surface area contributed by atoms with Gasteiger partial charge < -0.3 is 9.13 Å². The van der Waals surface area contributed by atoms with Crippen molar-refractivity contribution in [1.29, 1.82) is 0 Å². The van der Waals surface area contributed by atoms with Crippen LogP contribution in [-0.4, -0.2) is 14.1 Å². The number of hydrogen-bond donors (Lipinski definition) is 0. The van der Waals surface area contributed by atoms with Crippen LogP contribution in [0.15, 0.2) is 31.0 Å². The molecule has 0 radical (unpaired) electrons. The molecular weight excluding hydrogens is 294 g/mol. The Morgan fingerprint density at radius 1 is 0.917 bits per heavy atom. The summed E-state index contributed by atoms with van der Waals surface area (Å²) in [5.74, 6) is 0. The van der Waals surface area contributed by atoms with Crippen molar-refractivity contribution >= 4 is 0 Å². The first-order valence-corrected chi connectivity index (χ1v) is 9.18. The molecule has 2 aromatic rings. The molecule has 0 bridgehead atoms. The van der Waals surface area contributed by atoms with E-state index in [1.807, 2.05) is 6.33 Å². The highest BCUT2D eigenvalue weighted by atomic mass is 15.1. The number of imidazole rings is 1. The van der Waals surface area contributed by atoms with Crippen molar-refractivity contribution < 1.29 is 0 Å². The summed E-state index contributed by atoms with van der Waals surface area (Å²) in [6.45, 7) is 18.1. The predicted molar refractivity (Wildman–Crippen MR) is 103 cm³/mol. The van der Waals surface area contributed by atoms with E-state index in [0.29, 0.717) is 0 Å². The molecule has 2 heterocycles. The fraction of sp³-hybridized carbons (Fsp3) is 0.667. The third kappa shape index (κ3) is 4.12. The molecule has 0 aliphatic carbocycles. The minimum Gasteiger partial charge on any atom is -0.349 e. The summed E-state index contributed by atoms with van der Waals surface area (Å²) in [5, 5.41) is 0. The Morgan fingerprint density at radius 2 is 1.58 bits per heavy atom. The van der Waals surface area contributed by atoms with Crippen LogP contribution in [-0.2, 0) is 22.9 Å². The lowest BCUT2D eigenvalue weighted by atomic mass is 9.80. The van der Waals surface area contributed by atoms with Crippen LogP contribution in [0, 0.1) is 0 Å². The van der Waals surface area contributed by atoms with Gasteiger partial charge in [-0.3, -0.25) is 0 Å². The summed E-state index contributed by atoms with van der Waals surface area (Å²) < 4.78 is 4.59. The van der Waals surface area contributed by atoms with Gasteiger partial charge in [-0.2, -0.15) is 0 Å². The molecule has 3 nitrogen and oxygen atoms in total. The fourth-order valence-corrected chi connectivity index (χ4v) is 2.94. The highest BCUT2D eigenvalue weighted by molar-refractivity contribution is 5.14. The lowest BCUT2D eigenvalue weighted by Gasteiger charge is -2.32. The van der Waals surface area contributed by atoms with Crippen LogP contribution in [0.25, 0.3) is 0 Å². The first kappa shape index (κ1) is 18.8. The summed E-state index contributed by atoms with van der Waals surface area (Å²) in [5.41, 5.74) is 2.88. The van der Waals surface area contributed by atoms with Gasteiger partial charge in [-0.25, -0.2) is 4.98 Å². The van der Waals surface area contributed by atoms with Gasteiger partial charge >= 0.3 is 0 Å². The zero-order valence-corrected chi connectivity index (χ0v) is 16.8. The second kappa shape index (κ2) is 6.42. The molecule has 0 unspecified atom stereocenters. The first-order chi connectivity index (χ1) is 11.0. The predicted octanol–water partition coefficient (Wildman–Crippen LogP) is 5.50. The van der Waals surface area contributed by atoms with Crippen molar-refractivity contribution in [3.8, 4) is 0 Å². The quantitative estimate of drug-likeness (QED) is 0.686.